The molecule has 0 unspecified atom stereocenters. The molecule has 124 valence electrons. The summed E-state index contributed by atoms with van der Waals surface area (Å²) in [7, 11) is 1.88. The van der Waals surface area contributed by atoms with Crippen LogP contribution in [0.5, 0.6) is 0 Å². The number of likely N-dealkylation sites (N-methyl/N-ethyl adjacent to an activating group) is 1. The minimum atomic E-state index is -0.723. The Morgan fingerprint density at radius 2 is 1.52 bits per heavy atom. The molecule has 2 nitrogen and oxygen atoms in total. The van der Waals surface area contributed by atoms with Gasteiger partial charge in [0.2, 0.25) is 5.91 Å². The topological polar surface area (TPSA) is 20.3 Å². The Hall–Kier alpha value is -2.87. The van der Waals surface area contributed by atoms with Crippen LogP contribution in [0.4, 0.5) is 5.69 Å². The Balaban J connectivity index is 2.10. The van der Waals surface area contributed by atoms with Crippen LogP contribution in [-0.4, -0.2) is 13.0 Å². The van der Waals surface area contributed by atoms with Crippen molar-refractivity contribution in [3.8, 4) is 11.1 Å². The van der Waals surface area contributed by atoms with E-state index in [9.17, 15) is 4.79 Å². The summed E-state index contributed by atoms with van der Waals surface area (Å²) in [6.45, 7) is 4.13. The zero-order valence-corrected chi connectivity index (χ0v) is 14.8. The normalized spacial score (nSPS) is 19.2. The molecule has 1 heterocycles. The summed E-state index contributed by atoms with van der Waals surface area (Å²) in [5.41, 5.74) is 5.75. The SMILES string of the molecule is Cc1ccc2c(c1)-c1ccccc1[C@](C)(c1ccccc1)C(=O)N2C. The number of aryl methyl sites for hydroxylation is 1. The number of hydrogen-bond acceptors (Lipinski definition) is 1. The van der Waals surface area contributed by atoms with Crippen molar-refractivity contribution in [2.75, 3.05) is 11.9 Å². The highest BCUT2D eigenvalue weighted by atomic mass is 16.2. The van der Waals surface area contributed by atoms with Crippen LogP contribution >= 0.6 is 0 Å². The first kappa shape index (κ1) is 15.6. The molecule has 0 fully saturated rings. The van der Waals surface area contributed by atoms with E-state index in [-0.39, 0.29) is 5.91 Å². The van der Waals surface area contributed by atoms with Crippen LogP contribution in [0.25, 0.3) is 11.1 Å². The lowest BCUT2D eigenvalue weighted by Crippen LogP contribution is -2.43. The molecular formula is C23H21NO. The van der Waals surface area contributed by atoms with E-state index in [2.05, 4.69) is 37.3 Å². The molecule has 2 heteroatoms. The summed E-state index contributed by atoms with van der Waals surface area (Å²) < 4.78 is 0. The summed E-state index contributed by atoms with van der Waals surface area (Å²) in [5.74, 6) is 0.0914. The maximum absolute atomic E-state index is 13.6. The van der Waals surface area contributed by atoms with E-state index in [0.717, 1.165) is 27.9 Å². The van der Waals surface area contributed by atoms with Gasteiger partial charge in [0.25, 0.3) is 0 Å². The average molecular weight is 327 g/mol. The fourth-order valence-electron chi connectivity index (χ4n) is 3.92. The van der Waals surface area contributed by atoms with Crippen molar-refractivity contribution < 1.29 is 4.79 Å². The summed E-state index contributed by atoms with van der Waals surface area (Å²) in [6, 6.07) is 24.7. The number of rotatable bonds is 1. The van der Waals surface area contributed by atoms with Crippen LogP contribution in [0.15, 0.2) is 72.8 Å². The number of amides is 1. The van der Waals surface area contributed by atoms with Crippen molar-refractivity contribution in [2.24, 2.45) is 0 Å². The molecule has 3 aromatic rings. The Labute approximate surface area is 148 Å². The molecule has 0 aromatic heterocycles. The molecular weight excluding hydrogens is 306 g/mol. The average Bonchev–Trinajstić information content (AvgIpc) is 2.72. The van der Waals surface area contributed by atoms with E-state index in [1.807, 2.05) is 61.3 Å². The molecule has 0 N–H and O–H groups in total. The van der Waals surface area contributed by atoms with Crippen LogP contribution in [0, 0.1) is 6.92 Å². The van der Waals surface area contributed by atoms with Crippen LogP contribution < -0.4 is 4.90 Å². The smallest absolute Gasteiger partial charge is 0.241 e. The fourth-order valence-corrected chi connectivity index (χ4v) is 3.92. The minimum Gasteiger partial charge on any atom is -0.314 e. The standard InChI is InChI=1S/C23H21NO/c1-16-13-14-21-19(15-16)18-11-7-8-12-20(18)23(2,22(25)24(21)3)17-9-5-4-6-10-17/h4-15H,1-3H3/t23-/m0/s1. The number of carbonyl (C=O) groups is 1. The lowest BCUT2D eigenvalue weighted by atomic mass is 9.73. The lowest BCUT2D eigenvalue weighted by molar-refractivity contribution is -0.121. The van der Waals surface area contributed by atoms with Gasteiger partial charge in [-0.15, -0.1) is 0 Å². The van der Waals surface area contributed by atoms with Crippen molar-refractivity contribution in [2.45, 2.75) is 19.3 Å². The van der Waals surface area contributed by atoms with E-state index >= 15 is 0 Å². The molecule has 0 radical (unpaired) electrons. The summed E-state index contributed by atoms with van der Waals surface area (Å²) in [5, 5.41) is 0. The van der Waals surface area contributed by atoms with Gasteiger partial charge >= 0.3 is 0 Å². The quantitative estimate of drug-likeness (QED) is 0.619. The number of hydrogen-bond donors (Lipinski definition) is 0. The maximum atomic E-state index is 13.6. The van der Waals surface area contributed by atoms with Gasteiger partial charge in [-0.25, -0.2) is 0 Å². The van der Waals surface area contributed by atoms with Gasteiger partial charge in [-0.2, -0.15) is 0 Å². The van der Waals surface area contributed by atoms with Gasteiger partial charge in [0.1, 0.15) is 0 Å². The van der Waals surface area contributed by atoms with E-state index < -0.39 is 5.41 Å². The third kappa shape index (κ3) is 2.21. The second-order valence-corrected chi connectivity index (χ2v) is 6.92. The monoisotopic (exact) mass is 327 g/mol. The number of anilines is 1. The van der Waals surface area contributed by atoms with Crippen LogP contribution in [-0.2, 0) is 10.2 Å². The molecule has 25 heavy (non-hydrogen) atoms. The number of nitrogens with zero attached hydrogens (tertiary/aromatic N) is 1. The molecule has 1 aliphatic rings. The third-order valence-electron chi connectivity index (χ3n) is 5.35. The second-order valence-electron chi connectivity index (χ2n) is 6.92. The van der Waals surface area contributed by atoms with Crippen LogP contribution in [0.2, 0.25) is 0 Å². The highest BCUT2D eigenvalue weighted by molar-refractivity contribution is 6.09. The predicted octanol–water partition coefficient (Wildman–Crippen LogP) is 4.94. The maximum Gasteiger partial charge on any atom is 0.241 e. The molecule has 0 saturated carbocycles. The van der Waals surface area contributed by atoms with Gasteiger partial charge < -0.3 is 4.90 Å². The van der Waals surface area contributed by atoms with E-state index in [4.69, 9.17) is 0 Å². The van der Waals surface area contributed by atoms with Crippen molar-refractivity contribution in [1.29, 1.82) is 0 Å². The fraction of sp³-hybridized carbons (Fsp3) is 0.174. The number of fused-ring (bicyclic) bond motifs is 3. The first-order chi connectivity index (χ1) is 12.0. The van der Waals surface area contributed by atoms with Crippen molar-refractivity contribution in [3.05, 3.63) is 89.5 Å². The number of carbonyl (C=O) groups excluding carboxylic acids is 1. The first-order valence-electron chi connectivity index (χ1n) is 8.57. The van der Waals surface area contributed by atoms with Gasteiger partial charge in [0, 0.05) is 12.6 Å². The van der Waals surface area contributed by atoms with Gasteiger partial charge in [-0.1, -0.05) is 66.2 Å². The molecule has 0 bridgehead atoms. The van der Waals surface area contributed by atoms with Crippen LogP contribution in [0.1, 0.15) is 23.6 Å². The lowest BCUT2D eigenvalue weighted by Gasteiger charge is -2.32. The molecule has 1 atom stereocenters. The summed E-state index contributed by atoms with van der Waals surface area (Å²) >= 11 is 0. The molecule has 1 aliphatic heterocycles. The predicted molar refractivity (Wildman–Crippen MR) is 103 cm³/mol. The molecule has 0 aliphatic carbocycles. The third-order valence-corrected chi connectivity index (χ3v) is 5.35. The second kappa shape index (κ2) is 5.59. The van der Waals surface area contributed by atoms with Gasteiger partial charge in [-0.05, 0) is 42.7 Å². The molecule has 1 amide bonds. The van der Waals surface area contributed by atoms with Gasteiger partial charge in [0.05, 0.1) is 11.1 Å². The summed E-state index contributed by atoms with van der Waals surface area (Å²) in [4.78, 5) is 15.4. The van der Waals surface area contributed by atoms with E-state index in [1.165, 1.54) is 5.56 Å². The van der Waals surface area contributed by atoms with Crippen molar-refractivity contribution >= 4 is 11.6 Å². The highest BCUT2D eigenvalue weighted by Gasteiger charge is 2.43. The first-order valence-corrected chi connectivity index (χ1v) is 8.57. The van der Waals surface area contributed by atoms with E-state index in [0.29, 0.717) is 0 Å². The Morgan fingerprint density at radius 1 is 0.840 bits per heavy atom. The molecule has 4 rings (SSSR count). The molecule has 3 aromatic carbocycles. The number of benzene rings is 3. The molecule has 0 spiro atoms. The van der Waals surface area contributed by atoms with Crippen molar-refractivity contribution in [1.82, 2.24) is 0 Å². The zero-order valence-electron chi connectivity index (χ0n) is 14.8. The highest BCUT2D eigenvalue weighted by Crippen LogP contribution is 2.46. The van der Waals surface area contributed by atoms with Gasteiger partial charge in [-0.3, -0.25) is 4.79 Å². The Morgan fingerprint density at radius 3 is 2.28 bits per heavy atom. The van der Waals surface area contributed by atoms with Crippen molar-refractivity contribution in [3.63, 3.8) is 0 Å². The summed E-state index contributed by atoms with van der Waals surface area (Å²) in [6.07, 6.45) is 0. The Bertz CT molecular complexity index is 961. The van der Waals surface area contributed by atoms with Crippen LogP contribution in [0.3, 0.4) is 0 Å². The Kier molecular flexibility index (Phi) is 3.50. The largest absolute Gasteiger partial charge is 0.314 e. The minimum absolute atomic E-state index is 0.0914. The zero-order chi connectivity index (χ0) is 17.6. The van der Waals surface area contributed by atoms with Gasteiger partial charge in [0.15, 0.2) is 0 Å². The van der Waals surface area contributed by atoms with E-state index in [1.54, 1.807) is 0 Å². The molecule has 0 saturated heterocycles.